The van der Waals surface area contributed by atoms with E-state index in [9.17, 15) is 13.2 Å². The molecule has 0 aromatic heterocycles. The number of rotatable bonds is 4. The third kappa shape index (κ3) is 2.97. The fourth-order valence-corrected chi connectivity index (χ4v) is 4.05. The highest BCUT2D eigenvalue weighted by molar-refractivity contribution is 7.89. The fourth-order valence-electron chi connectivity index (χ4n) is 2.75. The van der Waals surface area contributed by atoms with E-state index in [0.717, 1.165) is 11.1 Å². The Morgan fingerprint density at radius 2 is 1.75 bits per heavy atom. The molecule has 0 fully saturated rings. The van der Waals surface area contributed by atoms with Gasteiger partial charge in [0.05, 0.1) is 10.8 Å². The molecule has 1 aliphatic heterocycles. The van der Waals surface area contributed by atoms with Gasteiger partial charge in [0.2, 0.25) is 0 Å². The summed E-state index contributed by atoms with van der Waals surface area (Å²) in [6.45, 7) is 3.67. The van der Waals surface area contributed by atoms with Crippen LogP contribution in [0.15, 0.2) is 64.6 Å². The first kappa shape index (κ1) is 16.4. The summed E-state index contributed by atoms with van der Waals surface area (Å²) in [6.07, 6.45) is 0.441. The van der Waals surface area contributed by atoms with Crippen LogP contribution in [0, 0.1) is 12.8 Å². The highest BCUT2D eigenvalue weighted by Crippen LogP contribution is 2.26. The van der Waals surface area contributed by atoms with Crippen LogP contribution in [0.4, 0.5) is 0 Å². The van der Waals surface area contributed by atoms with Crippen LogP contribution in [-0.4, -0.2) is 24.5 Å². The van der Waals surface area contributed by atoms with Gasteiger partial charge in [-0.3, -0.25) is 4.79 Å². The molecule has 3 rings (SSSR count). The highest BCUT2D eigenvalue weighted by Gasteiger charge is 2.40. The lowest BCUT2D eigenvalue weighted by molar-refractivity contribution is -0.127. The van der Waals surface area contributed by atoms with Gasteiger partial charge in [0, 0.05) is 5.71 Å². The maximum atomic E-state index is 12.7. The van der Waals surface area contributed by atoms with Gasteiger partial charge in [-0.2, -0.15) is 13.5 Å². The van der Waals surface area contributed by atoms with E-state index in [1.807, 2.05) is 31.2 Å². The van der Waals surface area contributed by atoms with Crippen LogP contribution in [-0.2, 0) is 21.2 Å². The molecule has 0 N–H and O–H groups in total. The molecule has 0 spiro atoms. The summed E-state index contributed by atoms with van der Waals surface area (Å²) in [4.78, 5) is 12.7. The standard InChI is InChI=1S/C18H18N2O3S/c1-13-7-6-8-15(11-13)12-17-14(2)19-20(18(17)21)24(22,23)16-9-4-3-5-10-16/h3-11,17H,12H2,1-2H3. The Kier molecular flexibility index (Phi) is 4.24. The second-order valence-corrected chi connectivity index (χ2v) is 7.65. The Hall–Kier alpha value is -2.47. The average Bonchev–Trinajstić information content (AvgIpc) is 2.84. The molecule has 1 unspecified atom stereocenters. The molecule has 0 bridgehead atoms. The molecule has 0 aliphatic carbocycles. The van der Waals surface area contributed by atoms with Gasteiger partial charge in [0.1, 0.15) is 0 Å². The number of sulfonamides is 1. The fraction of sp³-hybridized carbons (Fsp3) is 0.222. The van der Waals surface area contributed by atoms with Gasteiger partial charge in [0.15, 0.2) is 0 Å². The Balaban J connectivity index is 1.88. The van der Waals surface area contributed by atoms with Crippen molar-refractivity contribution < 1.29 is 13.2 Å². The van der Waals surface area contributed by atoms with Crippen molar-refractivity contribution in [1.29, 1.82) is 0 Å². The molecule has 2 aromatic carbocycles. The highest BCUT2D eigenvalue weighted by atomic mass is 32.2. The molecule has 1 amide bonds. The Bertz CT molecular complexity index is 905. The van der Waals surface area contributed by atoms with Gasteiger partial charge < -0.3 is 0 Å². The lowest BCUT2D eigenvalue weighted by Crippen LogP contribution is -2.33. The smallest absolute Gasteiger partial charge is 0.271 e. The molecule has 0 saturated carbocycles. The maximum absolute atomic E-state index is 12.7. The van der Waals surface area contributed by atoms with Gasteiger partial charge in [-0.15, -0.1) is 4.41 Å². The molecule has 0 radical (unpaired) electrons. The quantitative estimate of drug-likeness (QED) is 0.858. The van der Waals surface area contributed by atoms with Crippen molar-refractivity contribution in [2.24, 2.45) is 11.0 Å². The number of aryl methyl sites for hydroxylation is 1. The molecule has 1 aliphatic rings. The van der Waals surface area contributed by atoms with E-state index in [-0.39, 0.29) is 4.90 Å². The molecule has 5 nitrogen and oxygen atoms in total. The van der Waals surface area contributed by atoms with Crippen molar-refractivity contribution in [2.45, 2.75) is 25.2 Å². The summed E-state index contributed by atoms with van der Waals surface area (Å²) in [7, 11) is -3.96. The van der Waals surface area contributed by atoms with Gasteiger partial charge in [0.25, 0.3) is 15.9 Å². The predicted molar refractivity (Wildman–Crippen MR) is 92.0 cm³/mol. The van der Waals surface area contributed by atoms with Crippen molar-refractivity contribution >= 4 is 21.6 Å². The number of hydrazone groups is 1. The van der Waals surface area contributed by atoms with Crippen molar-refractivity contribution in [1.82, 2.24) is 4.41 Å². The average molecular weight is 342 g/mol. The molecule has 1 atom stereocenters. The molecule has 124 valence electrons. The van der Waals surface area contributed by atoms with Gasteiger partial charge in [-0.1, -0.05) is 48.0 Å². The van der Waals surface area contributed by atoms with Crippen LogP contribution >= 0.6 is 0 Å². The van der Waals surface area contributed by atoms with E-state index >= 15 is 0 Å². The van der Waals surface area contributed by atoms with E-state index in [0.29, 0.717) is 16.5 Å². The minimum absolute atomic E-state index is 0.0612. The van der Waals surface area contributed by atoms with Crippen molar-refractivity contribution in [2.75, 3.05) is 0 Å². The van der Waals surface area contributed by atoms with Crippen molar-refractivity contribution in [3.8, 4) is 0 Å². The first-order chi connectivity index (χ1) is 11.4. The maximum Gasteiger partial charge on any atom is 0.286 e. The number of benzene rings is 2. The molecule has 24 heavy (non-hydrogen) atoms. The second kappa shape index (κ2) is 6.20. The van der Waals surface area contributed by atoms with Gasteiger partial charge in [-0.25, -0.2) is 0 Å². The van der Waals surface area contributed by atoms with Crippen LogP contribution in [0.5, 0.6) is 0 Å². The molecule has 0 saturated heterocycles. The summed E-state index contributed by atoms with van der Waals surface area (Å²) in [5.74, 6) is -1.05. The van der Waals surface area contributed by atoms with Crippen LogP contribution in [0.3, 0.4) is 0 Å². The molecule has 1 heterocycles. The minimum Gasteiger partial charge on any atom is -0.271 e. The minimum atomic E-state index is -3.96. The van der Waals surface area contributed by atoms with E-state index in [2.05, 4.69) is 5.10 Å². The number of hydrogen-bond acceptors (Lipinski definition) is 4. The SMILES string of the molecule is CC1=NN(S(=O)(=O)c2ccccc2)C(=O)C1Cc1cccc(C)c1. The van der Waals surface area contributed by atoms with Crippen molar-refractivity contribution in [3.63, 3.8) is 0 Å². The van der Waals surface area contributed by atoms with E-state index in [1.165, 1.54) is 12.1 Å². The molecule has 6 heteroatoms. The van der Waals surface area contributed by atoms with E-state index in [1.54, 1.807) is 25.1 Å². The summed E-state index contributed by atoms with van der Waals surface area (Å²) in [5, 5.41) is 4.03. The van der Waals surface area contributed by atoms with Crippen LogP contribution in [0.2, 0.25) is 0 Å². The van der Waals surface area contributed by atoms with Gasteiger partial charge >= 0.3 is 0 Å². The second-order valence-electron chi connectivity index (χ2n) is 5.89. The first-order valence-electron chi connectivity index (χ1n) is 7.64. The van der Waals surface area contributed by atoms with Gasteiger partial charge in [-0.05, 0) is 38.0 Å². The predicted octanol–water partition coefficient (Wildman–Crippen LogP) is 2.76. The zero-order valence-corrected chi connectivity index (χ0v) is 14.3. The van der Waals surface area contributed by atoms with E-state index < -0.39 is 21.8 Å². The summed E-state index contributed by atoms with van der Waals surface area (Å²) >= 11 is 0. The monoisotopic (exact) mass is 342 g/mol. The Labute approximate surface area is 141 Å². The lowest BCUT2D eigenvalue weighted by atomic mass is 9.95. The zero-order chi connectivity index (χ0) is 17.3. The van der Waals surface area contributed by atoms with Crippen LogP contribution in [0.1, 0.15) is 18.1 Å². The number of carbonyl (C=O) groups excluding carboxylic acids is 1. The third-order valence-electron chi connectivity index (χ3n) is 4.03. The third-order valence-corrected chi connectivity index (χ3v) is 5.62. The number of nitrogens with zero attached hydrogens (tertiary/aromatic N) is 2. The van der Waals surface area contributed by atoms with Crippen LogP contribution in [0.25, 0.3) is 0 Å². The lowest BCUT2D eigenvalue weighted by Gasteiger charge is -2.15. The molecular formula is C18H18N2O3S. The number of carbonyl (C=O) groups is 1. The van der Waals surface area contributed by atoms with E-state index in [4.69, 9.17) is 0 Å². The molecular weight excluding hydrogens is 324 g/mol. The largest absolute Gasteiger partial charge is 0.286 e. The zero-order valence-electron chi connectivity index (χ0n) is 13.5. The summed E-state index contributed by atoms with van der Waals surface area (Å²) in [5.41, 5.74) is 2.60. The summed E-state index contributed by atoms with van der Waals surface area (Å²) < 4.78 is 25.9. The number of hydrogen-bond donors (Lipinski definition) is 0. The normalized spacial score (nSPS) is 17.9. The molecule has 2 aromatic rings. The topological polar surface area (TPSA) is 66.8 Å². The Morgan fingerprint density at radius 1 is 1.04 bits per heavy atom. The summed E-state index contributed by atoms with van der Waals surface area (Å²) in [6, 6.07) is 15.7. The van der Waals surface area contributed by atoms with Crippen LogP contribution < -0.4 is 0 Å². The number of amides is 1. The Morgan fingerprint density at radius 3 is 2.42 bits per heavy atom. The first-order valence-corrected chi connectivity index (χ1v) is 9.08. The van der Waals surface area contributed by atoms with Crippen molar-refractivity contribution in [3.05, 3.63) is 65.7 Å².